The van der Waals surface area contributed by atoms with E-state index in [1.54, 1.807) is 0 Å². The van der Waals surface area contributed by atoms with Gasteiger partial charge in [0.05, 0.1) is 0 Å². The van der Waals surface area contributed by atoms with E-state index in [-0.39, 0.29) is 5.41 Å². The molecule has 0 aromatic heterocycles. The molecule has 1 rings (SSSR count). The third-order valence-electron chi connectivity index (χ3n) is 3.49. The molecule has 0 saturated carbocycles. The Labute approximate surface area is 99.6 Å². The van der Waals surface area contributed by atoms with Gasteiger partial charge in [-0.15, -0.1) is 0 Å². The molecule has 0 atom stereocenters. The minimum Gasteiger partial charge on any atom is -0.299 e. The predicted molar refractivity (Wildman–Crippen MR) is 69.4 cm³/mol. The van der Waals surface area contributed by atoms with Gasteiger partial charge in [0.15, 0.2) is 0 Å². The lowest BCUT2D eigenvalue weighted by molar-refractivity contribution is -0.126. The van der Waals surface area contributed by atoms with Crippen molar-refractivity contribution < 1.29 is 4.79 Å². The Morgan fingerprint density at radius 1 is 1.00 bits per heavy atom. The van der Waals surface area contributed by atoms with E-state index in [0.717, 1.165) is 25.7 Å². The van der Waals surface area contributed by atoms with Crippen LogP contribution in [0.1, 0.15) is 59.8 Å². The number of carbonyl (C=O) groups excluding carboxylic acids is 1. The van der Waals surface area contributed by atoms with E-state index < -0.39 is 0 Å². The number of hydrogen-bond acceptors (Lipinski definition) is 1. The van der Waals surface area contributed by atoms with Crippen molar-refractivity contribution >= 4 is 5.78 Å². The second-order valence-corrected chi connectivity index (χ2v) is 5.65. The third-order valence-corrected chi connectivity index (χ3v) is 3.49. The summed E-state index contributed by atoms with van der Waals surface area (Å²) < 4.78 is 0. The van der Waals surface area contributed by atoms with Gasteiger partial charge >= 0.3 is 0 Å². The lowest BCUT2D eigenvalue weighted by atomic mass is 9.81. The molecule has 1 aliphatic carbocycles. The molecule has 1 nitrogen and oxygen atoms in total. The smallest absolute Gasteiger partial charge is 0.139 e. The lowest BCUT2D eigenvalue weighted by Crippen LogP contribution is -2.23. The highest BCUT2D eigenvalue weighted by Gasteiger charge is 2.25. The summed E-state index contributed by atoms with van der Waals surface area (Å²) >= 11 is 0. The van der Waals surface area contributed by atoms with E-state index in [9.17, 15) is 4.79 Å². The van der Waals surface area contributed by atoms with Gasteiger partial charge in [-0.25, -0.2) is 0 Å². The second kappa shape index (κ2) is 5.47. The van der Waals surface area contributed by atoms with Crippen LogP contribution in [0.4, 0.5) is 0 Å². The van der Waals surface area contributed by atoms with Crippen LogP contribution in [0.5, 0.6) is 0 Å². The fourth-order valence-corrected chi connectivity index (χ4v) is 1.94. The highest BCUT2D eigenvalue weighted by molar-refractivity contribution is 5.84. The first-order valence-corrected chi connectivity index (χ1v) is 6.26. The molecule has 0 aromatic carbocycles. The largest absolute Gasteiger partial charge is 0.299 e. The van der Waals surface area contributed by atoms with Crippen molar-refractivity contribution in [3.8, 4) is 0 Å². The van der Waals surface area contributed by atoms with Crippen LogP contribution < -0.4 is 0 Å². The van der Waals surface area contributed by atoms with E-state index in [1.165, 1.54) is 11.1 Å². The Balaban J connectivity index is 2.83. The van der Waals surface area contributed by atoms with Crippen LogP contribution in [-0.4, -0.2) is 5.78 Å². The Bertz CT molecular complexity index is 318. The molecule has 0 heterocycles. The van der Waals surface area contributed by atoms with E-state index in [4.69, 9.17) is 0 Å². The zero-order valence-electron chi connectivity index (χ0n) is 11.1. The average molecular weight is 220 g/mol. The van der Waals surface area contributed by atoms with Crippen LogP contribution in [-0.2, 0) is 4.79 Å². The fraction of sp³-hybridized carbons (Fsp3) is 0.667. The highest BCUT2D eigenvalue weighted by Crippen LogP contribution is 2.27. The number of rotatable bonds is 0. The first-order valence-electron chi connectivity index (χ1n) is 6.26. The molecule has 16 heavy (non-hydrogen) atoms. The number of hydrogen-bond donors (Lipinski definition) is 0. The standard InChI is InChI=1S/C15H24O/c1-12-6-5-7-13(2)10-11-15(3,4)14(16)9-8-12/h6,10H,5,7-9,11H2,1-4H3/b12-6+,13-10+. The Morgan fingerprint density at radius 3 is 2.31 bits per heavy atom. The summed E-state index contributed by atoms with van der Waals surface area (Å²) in [6.07, 6.45) is 9.28. The van der Waals surface area contributed by atoms with Crippen LogP contribution in [0, 0.1) is 5.41 Å². The molecule has 0 bridgehead atoms. The van der Waals surface area contributed by atoms with E-state index >= 15 is 0 Å². The normalized spacial score (nSPS) is 29.6. The molecule has 0 spiro atoms. The van der Waals surface area contributed by atoms with Gasteiger partial charge in [0.1, 0.15) is 5.78 Å². The zero-order chi connectivity index (χ0) is 12.2. The van der Waals surface area contributed by atoms with Crippen molar-refractivity contribution in [2.45, 2.75) is 59.8 Å². The van der Waals surface area contributed by atoms with Crippen molar-refractivity contribution in [1.82, 2.24) is 0 Å². The molecule has 0 aromatic rings. The van der Waals surface area contributed by atoms with Crippen molar-refractivity contribution in [3.63, 3.8) is 0 Å². The minimum absolute atomic E-state index is 0.189. The van der Waals surface area contributed by atoms with Crippen LogP contribution >= 0.6 is 0 Å². The topological polar surface area (TPSA) is 17.1 Å². The Morgan fingerprint density at radius 2 is 1.62 bits per heavy atom. The van der Waals surface area contributed by atoms with Crippen molar-refractivity contribution in [2.75, 3.05) is 0 Å². The Hall–Kier alpha value is -0.850. The summed E-state index contributed by atoms with van der Waals surface area (Å²) in [5.41, 5.74) is 2.58. The maximum atomic E-state index is 12.1. The van der Waals surface area contributed by atoms with Crippen molar-refractivity contribution in [3.05, 3.63) is 23.3 Å². The number of carbonyl (C=O) groups is 1. The maximum Gasteiger partial charge on any atom is 0.139 e. The van der Waals surface area contributed by atoms with Crippen molar-refractivity contribution in [1.29, 1.82) is 0 Å². The van der Waals surface area contributed by atoms with Gasteiger partial charge in [-0.1, -0.05) is 37.1 Å². The average Bonchev–Trinajstić information content (AvgIpc) is 2.23. The summed E-state index contributed by atoms with van der Waals surface area (Å²) in [7, 11) is 0. The van der Waals surface area contributed by atoms with Crippen molar-refractivity contribution in [2.24, 2.45) is 5.41 Å². The second-order valence-electron chi connectivity index (χ2n) is 5.65. The summed E-state index contributed by atoms with van der Waals surface area (Å²) in [6.45, 7) is 8.44. The molecule has 0 saturated heterocycles. The van der Waals surface area contributed by atoms with Gasteiger partial charge in [0.2, 0.25) is 0 Å². The first-order chi connectivity index (χ1) is 7.42. The number of ketones is 1. The first kappa shape index (κ1) is 13.2. The molecule has 0 fully saturated rings. The number of Topliss-reactive ketones (excluding diaryl/α,β-unsaturated/α-hetero) is 1. The Kier molecular flexibility index (Phi) is 4.52. The fourth-order valence-electron chi connectivity index (χ4n) is 1.94. The summed E-state index contributed by atoms with van der Waals surface area (Å²) in [5.74, 6) is 0.395. The molecule has 90 valence electrons. The number of allylic oxidation sites excluding steroid dienone is 4. The summed E-state index contributed by atoms with van der Waals surface area (Å²) in [6, 6.07) is 0. The summed E-state index contributed by atoms with van der Waals surface area (Å²) in [5, 5.41) is 0. The van der Waals surface area contributed by atoms with Gasteiger partial charge in [-0.05, 0) is 39.5 Å². The molecule has 1 aliphatic rings. The van der Waals surface area contributed by atoms with E-state index in [0.29, 0.717) is 12.2 Å². The zero-order valence-corrected chi connectivity index (χ0v) is 11.1. The monoisotopic (exact) mass is 220 g/mol. The SMILES string of the molecule is C/C1=C\CC(C)(C)C(=O)CC/C(C)=C/CC1. The molecule has 0 amide bonds. The molecular weight excluding hydrogens is 196 g/mol. The third kappa shape index (κ3) is 3.96. The molecule has 1 heteroatoms. The van der Waals surface area contributed by atoms with Crippen LogP contribution in [0.2, 0.25) is 0 Å². The highest BCUT2D eigenvalue weighted by atomic mass is 16.1. The van der Waals surface area contributed by atoms with Gasteiger partial charge in [-0.3, -0.25) is 4.79 Å². The predicted octanol–water partition coefficient (Wildman–Crippen LogP) is 4.44. The quantitative estimate of drug-likeness (QED) is 0.552. The van der Waals surface area contributed by atoms with Crippen LogP contribution in [0.15, 0.2) is 23.3 Å². The van der Waals surface area contributed by atoms with Gasteiger partial charge in [0.25, 0.3) is 0 Å². The van der Waals surface area contributed by atoms with Crippen LogP contribution in [0.25, 0.3) is 0 Å². The lowest BCUT2D eigenvalue weighted by Gasteiger charge is -2.21. The molecule has 0 N–H and O–H groups in total. The molecule has 0 unspecified atom stereocenters. The molecular formula is C15H24O. The summed E-state index contributed by atoms with van der Waals surface area (Å²) in [4.78, 5) is 12.1. The van der Waals surface area contributed by atoms with Gasteiger partial charge in [-0.2, -0.15) is 0 Å². The minimum atomic E-state index is -0.189. The van der Waals surface area contributed by atoms with Gasteiger partial charge < -0.3 is 0 Å². The van der Waals surface area contributed by atoms with E-state index in [1.807, 2.05) is 0 Å². The van der Waals surface area contributed by atoms with Gasteiger partial charge in [0, 0.05) is 11.8 Å². The van der Waals surface area contributed by atoms with E-state index in [2.05, 4.69) is 39.8 Å². The molecule has 0 aliphatic heterocycles. The van der Waals surface area contributed by atoms with Crippen LogP contribution in [0.3, 0.4) is 0 Å². The molecule has 0 radical (unpaired) electrons. The maximum absolute atomic E-state index is 12.1.